The first-order valence-corrected chi connectivity index (χ1v) is 12.8. The molecule has 0 unspecified atom stereocenters. The van der Waals surface area contributed by atoms with Crippen LogP contribution in [0.2, 0.25) is 0 Å². The Morgan fingerprint density at radius 2 is 1.44 bits per heavy atom. The number of phenolic OH excluding ortho intramolecular Hbond substituents is 2. The normalized spacial score (nSPS) is 19.7. The molecule has 0 amide bonds. The first-order valence-electron chi connectivity index (χ1n) is 12.8. The maximum Gasteiger partial charge on any atom is 0.174 e. The Kier molecular flexibility index (Phi) is 6.27. The average molecular weight is 525 g/mol. The van der Waals surface area contributed by atoms with Crippen LogP contribution in [0.3, 0.4) is 0 Å². The summed E-state index contributed by atoms with van der Waals surface area (Å²) < 4.78 is 24.2. The van der Waals surface area contributed by atoms with Crippen LogP contribution in [0, 0.1) is 0 Å². The van der Waals surface area contributed by atoms with Crippen molar-refractivity contribution < 1.29 is 34.0 Å². The minimum Gasteiger partial charge on any atom is -0.507 e. The number of benzene rings is 4. The molecule has 0 aliphatic carbocycles. The van der Waals surface area contributed by atoms with E-state index in [2.05, 4.69) is 0 Å². The molecule has 0 saturated carbocycles. The Labute approximate surface area is 226 Å². The van der Waals surface area contributed by atoms with E-state index in [0.717, 1.165) is 11.1 Å². The van der Waals surface area contributed by atoms with Gasteiger partial charge in [-0.15, -0.1) is 0 Å². The smallest absolute Gasteiger partial charge is 0.174 e. The van der Waals surface area contributed by atoms with Gasteiger partial charge in [-0.05, 0) is 11.1 Å². The second-order valence-corrected chi connectivity index (χ2v) is 9.72. The van der Waals surface area contributed by atoms with Crippen LogP contribution in [0.1, 0.15) is 63.6 Å². The number of Topliss-reactive ketones (excluding diaryl/α,β-unsaturated/α-hetero) is 1. The number of carbonyl (C=O) groups is 1. The Hall–Kier alpha value is -4.65. The molecule has 7 nitrogen and oxygen atoms in total. The summed E-state index contributed by atoms with van der Waals surface area (Å²) in [5, 5.41) is 22.1. The average Bonchev–Trinajstić information content (AvgIpc) is 2.96. The van der Waals surface area contributed by atoms with Crippen molar-refractivity contribution in [3.8, 4) is 34.5 Å². The van der Waals surface area contributed by atoms with Crippen molar-refractivity contribution in [3.63, 3.8) is 0 Å². The third-order valence-corrected chi connectivity index (χ3v) is 7.48. The predicted octanol–water partition coefficient (Wildman–Crippen LogP) is 6.48. The maximum atomic E-state index is 13.4. The van der Waals surface area contributed by atoms with Crippen LogP contribution in [0.15, 0.2) is 78.9 Å². The van der Waals surface area contributed by atoms with E-state index >= 15 is 0 Å². The van der Waals surface area contributed by atoms with Crippen molar-refractivity contribution in [3.05, 3.63) is 107 Å². The molecule has 2 aliphatic rings. The number of methoxy groups -OCH3 is 2. The van der Waals surface area contributed by atoms with Gasteiger partial charge in [0.2, 0.25) is 0 Å². The Bertz CT molecular complexity index is 1530. The second kappa shape index (κ2) is 9.91. The summed E-state index contributed by atoms with van der Waals surface area (Å²) in [7, 11) is 3.13. The summed E-state index contributed by atoms with van der Waals surface area (Å²) >= 11 is 0. The van der Waals surface area contributed by atoms with E-state index in [-0.39, 0.29) is 41.1 Å². The van der Waals surface area contributed by atoms with Gasteiger partial charge in [0.15, 0.2) is 5.78 Å². The lowest BCUT2D eigenvalue weighted by molar-refractivity contribution is 0.0840. The first-order chi connectivity index (χ1) is 19.0. The largest absolute Gasteiger partial charge is 0.507 e. The van der Waals surface area contributed by atoms with Crippen molar-refractivity contribution in [1.82, 2.24) is 0 Å². The molecule has 39 heavy (non-hydrogen) atoms. The second-order valence-electron chi connectivity index (χ2n) is 9.72. The number of hydrogen-bond acceptors (Lipinski definition) is 7. The summed E-state index contributed by atoms with van der Waals surface area (Å²) in [4.78, 5) is 13.4. The fraction of sp³-hybridized carbons (Fsp3) is 0.219. The van der Waals surface area contributed by atoms with E-state index in [0.29, 0.717) is 34.8 Å². The SMILES string of the molecule is COc1cc(OC)c2c(c1)O[C@H](c1ccccc1)C[C@@H]2c1c(O)cc(O)c2c1O[C@H](c1ccccc1)CC2=O. The molecule has 0 radical (unpaired) electrons. The summed E-state index contributed by atoms with van der Waals surface area (Å²) in [6, 6.07) is 24.1. The number of fused-ring (bicyclic) bond motifs is 2. The quantitative estimate of drug-likeness (QED) is 0.309. The highest BCUT2D eigenvalue weighted by atomic mass is 16.5. The Morgan fingerprint density at radius 3 is 2.08 bits per heavy atom. The van der Waals surface area contributed by atoms with Gasteiger partial charge in [-0.3, -0.25) is 4.79 Å². The third-order valence-electron chi connectivity index (χ3n) is 7.48. The van der Waals surface area contributed by atoms with E-state index in [1.807, 2.05) is 60.7 Å². The zero-order valence-corrected chi connectivity index (χ0v) is 21.6. The van der Waals surface area contributed by atoms with Crippen molar-refractivity contribution in [2.24, 2.45) is 0 Å². The van der Waals surface area contributed by atoms with Crippen molar-refractivity contribution in [2.45, 2.75) is 31.0 Å². The molecule has 0 aromatic heterocycles. The highest BCUT2D eigenvalue weighted by molar-refractivity contribution is 6.03. The van der Waals surface area contributed by atoms with Gasteiger partial charge in [0.25, 0.3) is 0 Å². The van der Waals surface area contributed by atoms with Crippen LogP contribution in [0.4, 0.5) is 0 Å². The lowest BCUT2D eigenvalue weighted by atomic mass is 9.79. The van der Waals surface area contributed by atoms with E-state index in [9.17, 15) is 15.0 Å². The van der Waals surface area contributed by atoms with Gasteiger partial charge in [0.05, 0.1) is 20.6 Å². The maximum absolute atomic E-state index is 13.4. The summed E-state index contributed by atoms with van der Waals surface area (Å²) in [6.45, 7) is 0. The van der Waals surface area contributed by atoms with Crippen molar-refractivity contribution in [2.75, 3.05) is 14.2 Å². The third kappa shape index (κ3) is 4.30. The Morgan fingerprint density at radius 1 is 0.769 bits per heavy atom. The fourth-order valence-corrected chi connectivity index (χ4v) is 5.66. The highest BCUT2D eigenvalue weighted by Gasteiger charge is 2.41. The lowest BCUT2D eigenvalue weighted by Gasteiger charge is -2.36. The van der Waals surface area contributed by atoms with E-state index in [1.165, 1.54) is 6.07 Å². The summed E-state index contributed by atoms with van der Waals surface area (Å²) in [5.41, 5.74) is 2.98. The number of rotatable bonds is 5. The van der Waals surface area contributed by atoms with Gasteiger partial charge in [-0.1, -0.05) is 60.7 Å². The van der Waals surface area contributed by atoms with Crippen LogP contribution in [-0.4, -0.2) is 30.2 Å². The van der Waals surface area contributed by atoms with Gasteiger partial charge < -0.3 is 29.2 Å². The van der Waals surface area contributed by atoms with Crippen LogP contribution in [0.25, 0.3) is 0 Å². The molecule has 3 atom stereocenters. The molecular weight excluding hydrogens is 496 g/mol. The van der Waals surface area contributed by atoms with Crippen molar-refractivity contribution in [1.29, 1.82) is 0 Å². The van der Waals surface area contributed by atoms with E-state index in [1.54, 1.807) is 26.4 Å². The number of ketones is 1. The lowest BCUT2D eigenvalue weighted by Crippen LogP contribution is -2.25. The monoisotopic (exact) mass is 524 g/mol. The summed E-state index contributed by atoms with van der Waals surface area (Å²) in [6.07, 6.45) is -0.425. The molecule has 2 heterocycles. The number of ether oxygens (including phenoxy) is 4. The van der Waals surface area contributed by atoms with Crippen molar-refractivity contribution >= 4 is 5.78 Å². The van der Waals surface area contributed by atoms with Gasteiger partial charge in [0, 0.05) is 41.7 Å². The molecule has 198 valence electrons. The molecular formula is C32H28O7. The minimum atomic E-state index is -0.562. The van der Waals surface area contributed by atoms with Crippen LogP contribution < -0.4 is 18.9 Å². The molecule has 0 saturated heterocycles. The van der Waals surface area contributed by atoms with Gasteiger partial charge in [0.1, 0.15) is 52.3 Å². The molecule has 2 aliphatic heterocycles. The standard InChI is InChI=1S/C32H28O7/c1-36-20-13-27(37-2)30-21(15-25(38-28(30)14-20)18-9-5-3-6-10-18)29-22(33)16-23(34)31-24(35)17-26(39-32(29)31)19-11-7-4-8-12-19/h3-14,16,21,25-26,33-34H,15,17H2,1-2H3/t21-,25+,26+/m1/s1. The molecule has 4 aromatic rings. The zero-order valence-electron chi connectivity index (χ0n) is 21.6. The van der Waals surface area contributed by atoms with Gasteiger partial charge in [-0.25, -0.2) is 0 Å². The summed E-state index contributed by atoms with van der Waals surface area (Å²) in [5.74, 6) is 0.578. The zero-order chi connectivity index (χ0) is 27.1. The van der Waals surface area contributed by atoms with Gasteiger partial charge in [-0.2, -0.15) is 0 Å². The molecule has 2 N–H and O–H groups in total. The Balaban J connectivity index is 1.56. The molecule has 0 fully saturated rings. The van der Waals surface area contributed by atoms with Gasteiger partial charge >= 0.3 is 0 Å². The molecule has 6 rings (SSSR count). The number of carbonyl (C=O) groups excluding carboxylic acids is 1. The molecule has 0 spiro atoms. The van der Waals surface area contributed by atoms with E-state index in [4.69, 9.17) is 18.9 Å². The first kappa shape index (κ1) is 24.7. The molecule has 7 heteroatoms. The molecule has 4 aromatic carbocycles. The number of hydrogen-bond donors (Lipinski definition) is 2. The predicted molar refractivity (Wildman–Crippen MR) is 144 cm³/mol. The number of phenols is 2. The highest BCUT2D eigenvalue weighted by Crippen LogP contribution is 2.57. The fourth-order valence-electron chi connectivity index (χ4n) is 5.66. The topological polar surface area (TPSA) is 94.5 Å². The minimum absolute atomic E-state index is 0.0757. The molecule has 0 bridgehead atoms. The number of aromatic hydroxyl groups is 2. The van der Waals surface area contributed by atoms with Crippen LogP contribution in [0.5, 0.6) is 34.5 Å². The van der Waals surface area contributed by atoms with E-state index < -0.39 is 12.0 Å². The van der Waals surface area contributed by atoms with Crippen LogP contribution >= 0.6 is 0 Å². The van der Waals surface area contributed by atoms with Crippen LogP contribution in [-0.2, 0) is 0 Å².